The van der Waals surface area contributed by atoms with Crippen molar-refractivity contribution in [3.63, 3.8) is 0 Å². The van der Waals surface area contributed by atoms with Crippen molar-refractivity contribution in [1.29, 1.82) is 0 Å². The molecule has 1 aromatic carbocycles. The summed E-state index contributed by atoms with van der Waals surface area (Å²) in [5.41, 5.74) is 0.0560. The van der Waals surface area contributed by atoms with Gasteiger partial charge in [-0.15, -0.1) is 0 Å². The van der Waals surface area contributed by atoms with E-state index >= 15 is 0 Å². The van der Waals surface area contributed by atoms with Gasteiger partial charge in [0, 0.05) is 17.4 Å². The smallest absolute Gasteiger partial charge is 0.228 e. The molecule has 0 spiro atoms. The van der Waals surface area contributed by atoms with Gasteiger partial charge >= 0.3 is 0 Å². The van der Waals surface area contributed by atoms with Gasteiger partial charge in [-0.05, 0) is 18.2 Å². The van der Waals surface area contributed by atoms with Crippen LogP contribution in [0.15, 0.2) is 22.7 Å². The van der Waals surface area contributed by atoms with Crippen LogP contribution in [-0.4, -0.2) is 26.1 Å². The van der Waals surface area contributed by atoms with Gasteiger partial charge in [0.05, 0.1) is 5.69 Å². The third-order valence-corrected chi connectivity index (χ3v) is 4.49. The van der Waals surface area contributed by atoms with Crippen molar-refractivity contribution in [2.75, 3.05) is 11.4 Å². The standard InChI is InChI=1S/C10H10BrFN2O3S/c11-6-1-2-8(12)9(3-6)14-5-7(4-10(14)15)18(13,16)17/h1-3,7H,4-5H2,(H2,13,16,17). The first-order valence-corrected chi connectivity index (χ1v) is 7.46. The molecule has 1 fully saturated rings. The summed E-state index contributed by atoms with van der Waals surface area (Å²) in [6, 6.07) is 4.13. The Balaban J connectivity index is 2.35. The fourth-order valence-corrected chi connectivity index (χ4v) is 2.90. The van der Waals surface area contributed by atoms with E-state index in [9.17, 15) is 17.6 Å². The summed E-state index contributed by atoms with van der Waals surface area (Å²) in [5, 5.41) is 4.02. The lowest BCUT2D eigenvalue weighted by molar-refractivity contribution is -0.117. The predicted octanol–water partition coefficient (Wildman–Crippen LogP) is 0.982. The minimum absolute atomic E-state index is 0.0560. The highest BCUT2D eigenvalue weighted by Crippen LogP contribution is 2.29. The second-order valence-electron chi connectivity index (χ2n) is 4.02. The zero-order chi connectivity index (χ0) is 13.5. The highest BCUT2D eigenvalue weighted by atomic mass is 79.9. The first-order chi connectivity index (χ1) is 8.29. The van der Waals surface area contributed by atoms with Crippen LogP contribution in [0.3, 0.4) is 0 Å². The Hall–Kier alpha value is -0.990. The molecule has 0 saturated carbocycles. The Morgan fingerprint density at radius 3 is 2.67 bits per heavy atom. The van der Waals surface area contributed by atoms with Gasteiger partial charge in [0.1, 0.15) is 11.1 Å². The van der Waals surface area contributed by atoms with Crippen LogP contribution >= 0.6 is 15.9 Å². The Kier molecular flexibility index (Phi) is 3.43. The van der Waals surface area contributed by atoms with Crippen molar-refractivity contribution in [1.82, 2.24) is 0 Å². The maximum absolute atomic E-state index is 13.6. The number of sulfonamides is 1. The summed E-state index contributed by atoms with van der Waals surface area (Å²) in [6.45, 7) is -0.120. The van der Waals surface area contributed by atoms with E-state index in [0.717, 1.165) is 4.90 Å². The fourth-order valence-electron chi connectivity index (χ4n) is 1.82. The molecule has 1 heterocycles. The highest BCUT2D eigenvalue weighted by Gasteiger charge is 2.38. The monoisotopic (exact) mass is 336 g/mol. The van der Waals surface area contributed by atoms with Crippen LogP contribution in [0.25, 0.3) is 0 Å². The quantitative estimate of drug-likeness (QED) is 0.874. The van der Waals surface area contributed by atoms with E-state index in [-0.39, 0.29) is 18.7 Å². The number of rotatable bonds is 2. The average Bonchev–Trinajstić information content (AvgIpc) is 2.64. The van der Waals surface area contributed by atoms with E-state index in [1.165, 1.54) is 18.2 Å². The van der Waals surface area contributed by atoms with Crippen LogP contribution in [-0.2, 0) is 14.8 Å². The van der Waals surface area contributed by atoms with Crippen molar-refractivity contribution < 1.29 is 17.6 Å². The molecule has 8 heteroatoms. The van der Waals surface area contributed by atoms with Crippen LogP contribution in [0, 0.1) is 5.82 Å². The highest BCUT2D eigenvalue weighted by molar-refractivity contribution is 9.10. The number of primary sulfonamides is 1. The maximum Gasteiger partial charge on any atom is 0.228 e. The molecular formula is C10H10BrFN2O3S. The summed E-state index contributed by atoms with van der Waals surface area (Å²) >= 11 is 3.17. The molecule has 2 N–H and O–H groups in total. The second-order valence-corrected chi connectivity index (χ2v) is 6.78. The van der Waals surface area contributed by atoms with Crippen molar-refractivity contribution in [2.24, 2.45) is 5.14 Å². The molecule has 1 aromatic rings. The number of carbonyl (C=O) groups is 1. The molecule has 2 rings (SSSR count). The number of halogens is 2. The average molecular weight is 337 g/mol. The zero-order valence-corrected chi connectivity index (χ0v) is 11.5. The van der Waals surface area contributed by atoms with E-state index in [1.54, 1.807) is 0 Å². The van der Waals surface area contributed by atoms with Crippen LogP contribution in [0.4, 0.5) is 10.1 Å². The van der Waals surface area contributed by atoms with Gasteiger partial charge in [0.2, 0.25) is 15.9 Å². The van der Waals surface area contributed by atoms with E-state index in [1.807, 2.05) is 0 Å². The number of nitrogens with zero attached hydrogens (tertiary/aromatic N) is 1. The molecule has 0 bridgehead atoms. The zero-order valence-electron chi connectivity index (χ0n) is 9.14. The van der Waals surface area contributed by atoms with E-state index < -0.39 is 27.0 Å². The van der Waals surface area contributed by atoms with Crippen molar-refractivity contribution in [3.05, 3.63) is 28.5 Å². The lowest BCUT2D eigenvalue weighted by Crippen LogP contribution is -2.32. The number of nitrogens with two attached hydrogens (primary N) is 1. The summed E-state index contributed by atoms with van der Waals surface area (Å²) in [7, 11) is -3.80. The molecule has 1 amide bonds. The van der Waals surface area contributed by atoms with Gasteiger partial charge in [-0.3, -0.25) is 4.79 Å². The van der Waals surface area contributed by atoms with Gasteiger partial charge in [-0.1, -0.05) is 15.9 Å². The minimum Gasteiger partial charge on any atom is -0.308 e. The van der Waals surface area contributed by atoms with E-state index in [0.29, 0.717) is 4.47 Å². The predicted molar refractivity (Wildman–Crippen MR) is 68.0 cm³/mol. The minimum atomic E-state index is -3.80. The first kappa shape index (κ1) is 13.4. The van der Waals surface area contributed by atoms with Crippen LogP contribution < -0.4 is 10.0 Å². The molecule has 1 aliphatic rings. The van der Waals surface area contributed by atoms with Crippen LogP contribution in [0.1, 0.15) is 6.42 Å². The van der Waals surface area contributed by atoms with E-state index in [2.05, 4.69) is 15.9 Å². The lowest BCUT2D eigenvalue weighted by Gasteiger charge is -2.17. The lowest BCUT2D eigenvalue weighted by atomic mass is 10.3. The van der Waals surface area contributed by atoms with Crippen molar-refractivity contribution in [2.45, 2.75) is 11.7 Å². The summed E-state index contributed by atoms with van der Waals surface area (Å²) in [6.07, 6.45) is -0.217. The Labute approximate surface area is 112 Å². The molecule has 0 aliphatic carbocycles. The number of benzene rings is 1. The maximum atomic E-state index is 13.6. The molecule has 0 radical (unpaired) electrons. The molecule has 1 aliphatic heterocycles. The molecule has 0 aromatic heterocycles. The molecule has 98 valence electrons. The van der Waals surface area contributed by atoms with Gasteiger partial charge in [-0.2, -0.15) is 0 Å². The largest absolute Gasteiger partial charge is 0.308 e. The SMILES string of the molecule is NS(=O)(=O)C1CC(=O)N(c2cc(Br)ccc2F)C1. The molecule has 1 atom stereocenters. The molecule has 5 nitrogen and oxygen atoms in total. The fraction of sp³-hybridized carbons (Fsp3) is 0.300. The summed E-state index contributed by atoms with van der Waals surface area (Å²) in [4.78, 5) is 12.8. The number of carbonyl (C=O) groups excluding carboxylic acids is 1. The van der Waals surface area contributed by atoms with E-state index in [4.69, 9.17) is 5.14 Å². The third kappa shape index (κ3) is 2.55. The van der Waals surface area contributed by atoms with Gasteiger partial charge < -0.3 is 4.90 Å². The Morgan fingerprint density at radius 1 is 1.44 bits per heavy atom. The second kappa shape index (κ2) is 4.60. The number of hydrogen-bond donors (Lipinski definition) is 1. The Bertz CT molecular complexity index is 605. The van der Waals surface area contributed by atoms with Gasteiger partial charge in [-0.25, -0.2) is 17.9 Å². The molecular weight excluding hydrogens is 327 g/mol. The van der Waals surface area contributed by atoms with Gasteiger partial charge in [0.15, 0.2) is 0 Å². The molecule has 1 saturated heterocycles. The van der Waals surface area contributed by atoms with Crippen LogP contribution in [0.2, 0.25) is 0 Å². The van der Waals surface area contributed by atoms with Crippen molar-refractivity contribution in [3.8, 4) is 0 Å². The number of hydrogen-bond acceptors (Lipinski definition) is 3. The number of amides is 1. The van der Waals surface area contributed by atoms with Crippen LogP contribution in [0.5, 0.6) is 0 Å². The summed E-state index contributed by atoms with van der Waals surface area (Å²) in [5.74, 6) is -1.03. The van der Waals surface area contributed by atoms with Gasteiger partial charge in [0.25, 0.3) is 0 Å². The summed E-state index contributed by atoms with van der Waals surface area (Å²) < 4.78 is 36.6. The number of anilines is 1. The van der Waals surface area contributed by atoms with Crippen molar-refractivity contribution >= 4 is 37.5 Å². The normalized spacial score (nSPS) is 20.5. The Morgan fingerprint density at radius 2 is 2.11 bits per heavy atom. The third-order valence-electron chi connectivity index (χ3n) is 2.75. The molecule has 1 unspecified atom stereocenters. The molecule has 18 heavy (non-hydrogen) atoms. The first-order valence-electron chi connectivity index (χ1n) is 5.06. The topological polar surface area (TPSA) is 80.5 Å².